The van der Waals surface area contributed by atoms with Gasteiger partial charge in [0.1, 0.15) is 6.73 Å². The van der Waals surface area contributed by atoms with Crippen LogP contribution in [0.2, 0.25) is 25.7 Å². The Balaban J connectivity index is 1.76. The summed E-state index contributed by atoms with van der Waals surface area (Å²) in [5.41, 5.74) is 0.589. The van der Waals surface area contributed by atoms with E-state index in [2.05, 4.69) is 24.6 Å². The van der Waals surface area contributed by atoms with E-state index in [-0.39, 0.29) is 39.7 Å². The monoisotopic (exact) mass is 669 g/mol. The maximum atomic E-state index is 14.0. The van der Waals surface area contributed by atoms with Crippen molar-refractivity contribution in [3.8, 4) is 22.5 Å². The predicted octanol–water partition coefficient (Wildman–Crippen LogP) is 7.83. The first-order chi connectivity index (χ1) is 21.6. The third-order valence-corrected chi connectivity index (χ3v) is 11.1. The Labute approximate surface area is 266 Å². The van der Waals surface area contributed by atoms with E-state index in [1.165, 1.54) is 50.7 Å². The van der Waals surface area contributed by atoms with Crippen LogP contribution in [-0.2, 0) is 32.4 Å². The van der Waals surface area contributed by atoms with E-state index in [4.69, 9.17) is 9.47 Å². The lowest BCUT2D eigenvalue weighted by atomic mass is 9.97. The molecule has 242 valence electrons. The van der Waals surface area contributed by atoms with Gasteiger partial charge in [0.05, 0.1) is 34.5 Å². The summed E-state index contributed by atoms with van der Waals surface area (Å²) >= 11 is 0. The van der Waals surface area contributed by atoms with Crippen LogP contribution >= 0.6 is 0 Å². The fraction of sp³-hybridized carbons (Fsp3) is 0.273. The highest BCUT2D eigenvalue weighted by atomic mass is 32.2. The molecule has 13 heteroatoms. The van der Waals surface area contributed by atoms with E-state index in [0.717, 1.165) is 16.1 Å². The summed E-state index contributed by atoms with van der Waals surface area (Å²) in [6, 6.07) is 17.4. The molecule has 0 saturated carbocycles. The van der Waals surface area contributed by atoms with Gasteiger partial charge in [-0.2, -0.15) is 13.2 Å². The summed E-state index contributed by atoms with van der Waals surface area (Å²) < 4.78 is 83.1. The first kappa shape index (κ1) is 33.2. The van der Waals surface area contributed by atoms with E-state index in [1.807, 2.05) is 0 Å². The maximum absolute atomic E-state index is 14.0. The minimum Gasteiger partial charge on any atom is -0.465 e. The Morgan fingerprint density at radius 1 is 0.978 bits per heavy atom. The summed E-state index contributed by atoms with van der Waals surface area (Å²) in [6.07, 6.45) is -1.77. The van der Waals surface area contributed by atoms with E-state index in [0.29, 0.717) is 23.3 Å². The largest absolute Gasteiger partial charge is 0.465 e. The van der Waals surface area contributed by atoms with Crippen molar-refractivity contribution >= 4 is 35.1 Å². The molecule has 8 nitrogen and oxygen atoms in total. The van der Waals surface area contributed by atoms with Gasteiger partial charge in [-0.25, -0.2) is 22.2 Å². The van der Waals surface area contributed by atoms with Crippen molar-refractivity contribution in [3.63, 3.8) is 0 Å². The molecule has 0 unspecified atom stereocenters. The second kappa shape index (κ2) is 12.5. The lowest BCUT2D eigenvalue weighted by Gasteiger charge is -2.20. The summed E-state index contributed by atoms with van der Waals surface area (Å²) in [5, 5.41) is 0.451. The van der Waals surface area contributed by atoms with Gasteiger partial charge in [0.15, 0.2) is 5.65 Å². The van der Waals surface area contributed by atoms with Crippen LogP contribution in [0.15, 0.2) is 84.0 Å². The third-order valence-electron chi connectivity index (χ3n) is 7.74. The molecule has 3 aromatic heterocycles. The SMILES string of the molecule is COC(=O)c1cc(-c2ccnc3c2ccn3S(=O)(=O)c2ccccc2)n(COCC[Si](C)(C)C)c1-c1cccc(C(F)(F)F)c1C. The molecule has 0 N–H and O–H groups in total. The number of rotatable bonds is 10. The fourth-order valence-electron chi connectivity index (χ4n) is 5.33. The van der Waals surface area contributed by atoms with Crippen molar-refractivity contribution in [3.05, 3.63) is 95.8 Å². The second-order valence-electron chi connectivity index (χ2n) is 12.1. The number of benzene rings is 2. The summed E-state index contributed by atoms with van der Waals surface area (Å²) in [5.74, 6) is -0.747. The number of fused-ring (bicyclic) bond motifs is 1. The Hall–Kier alpha value is -4.20. The molecule has 0 amide bonds. The Kier molecular flexibility index (Phi) is 9.04. The summed E-state index contributed by atoms with van der Waals surface area (Å²) in [6.45, 7) is 8.28. The number of methoxy groups -OCH3 is 1. The quantitative estimate of drug-likeness (QED) is 0.0855. The molecular weight excluding hydrogens is 636 g/mol. The zero-order valence-corrected chi connectivity index (χ0v) is 27.9. The Bertz CT molecular complexity index is 2010. The molecule has 0 aliphatic heterocycles. The van der Waals surface area contributed by atoms with Crippen molar-refractivity contribution in [1.29, 1.82) is 0 Å². The van der Waals surface area contributed by atoms with Crippen LogP contribution < -0.4 is 0 Å². The number of halogens is 3. The van der Waals surface area contributed by atoms with Gasteiger partial charge in [0, 0.05) is 43.6 Å². The number of esters is 1. The van der Waals surface area contributed by atoms with Gasteiger partial charge < -0.3 is 14.0 Å². The van der Waals surface area contributed by atoms with Gasteiger partial charge in [-0.05, 0) is 54.9 Å². The number of alkyl halides is 3. The number of nitrogens with zero attached hydrogens (tertiary/aromatic N) is 3. The lowest BCUT2D eigenvalue weighted by Crippen LogP contribution is -2.22. The van der Waals surface area contributed by atoms with Gasteiger partial charge in [-0.15, -0.1) is 0 Å². The lowest BCUT2D eigenvalue weighted by molar-refractivity contribution is -0.138. The maximum Gasteiger partial charge on any atom is 0.416 e. The molecule has 0 aliphatic carbocycles. The van der Waals surface area contributed by atoms with Crippen LogP contribution in [0.25, 0.3) is 33.5 Å². The number of pyridine rings is 1. The molecular formula is C33H34F3N3O5SSi. The molecule has 0 fully saturated rings. The highest BCUT2D eigenvalue weighted by Crippen LogP contribution is 2.41. The Morgan fingerprint density at radius 2 is 1.70 bits per heavy atom. The topological polar surface area (TPSA) is 92.4 Å². The van der Waals surface area contributed by atoms with E-state index in [9.17, 15) is 26.4 Å². The van der Waals surface area contributed by atoms with Crippen LogP contribution in [0.3, 0.4) is 0 Å². The molecule has 2 aromatic carbocycles. The molecule has 0 atom stereocenters. The smallest absolute Gasteiger partial charge is 0.416 e. The normalized spacial score (nSPS) is 12.5. The first-order valence-corrected chi connectivity index (χ1v) is 19.6. The van der Waals surface area contributed by atoms with Crippen LogP contribution in [0.4, 0.5) is 13.2 Å². The van der Waals surface area contributed by atoms with E-state index in [1.54, 1.807) is 41.0 Å². The molecule has 3 heterocycles. The number of hydrogen-bond acceptors (Lipinski definition) is 6. The van der Waals surface area contributed by atoms with Crippen LogP contribution in [0.5, 0.6) is 0 Å². The average molecular weight is 670 g/mol. The van der Waals surface area contributed by atoms with Gasteiger partial charge in [0.25, 0.3) is 10.0 Å². The van der Waals surface area contributed by atoms with Crippen LogP contribution in [0, 0.1) is 6.92 Å². The number of hydrogen-bond donors (Lipinski definition) is 0. The van der Waals surface area contributed by atoms with Crippen LogP contribution in [-0.4, -0.2) is 49.7 Å². The minimum atomic E-state index is -4.62. The molecule has 0 bridgehead atoms. The van der Waals surface area contributed by atoms with Crippen molar-refractivity contribution in [1.82, 2.24) is 13.5 Å². The van der Waals surface area contributed by atoms with Crippen LogP contribution in [0.1, 0.15) is 21.5 Å². The van der Waals surface area contributed by atoms with Crippen molar-refractivity contribution in [2.75, 3.05) is 13.7 Å². The molecule has 0 saturated heterocycles. The summed E-state index contributed by atoms with van der Waals surface area (Å²) in [4.78, 5) is 17.7. The van der Waals surface area contributed by atoms with Gasteiger partial charge in [-0.3, -0.25) is 0 Å². The van der Waals surface area contributed by atoms with Crippen molar-refractivity contribution < 1.29 is 35.9 Å². The minimum absolute atomic E-state index is 0.0371. The molecule has 0 spiro atoms. The van der Waals surface area contributed by atoms with Gasteiger partial charge >= 0.3 is 12.1 Å². The zero-order chi connectivity index (χ0) is 33.4. The highest BCUT2D eigenvalue weighted by Gasteiger charge is 2.35. The zero-order valence-electron chi connectivity index (χ0n) is 26.1. The predicted molar refractivity (Wildman–Crippen MR) is 173 cm³/mol. The molecule has 5 rings (SSSR count). The number of carbonyl (C=O) groups is 1. The van der Waals surface area contributed by atoms with Gasteiger partial charge in [-0.1, -0.05) is 50.0 Å². The average Bonchev–Trinajstić information content (AvgIpc) is 3.61. The van der Waals surface area contributed by atoms with E-state index >= 15 is 0 Å². The van der Waals surface area contributed by atoms with Crippen molar-refractivity contribution in [2.45, 2.75) is 50.4 Å². The Morgan fingerprint density at radius 3 is 2.35 bits per heavy atom. The molecule has 5 aromatic rings. The second-order valence-corrected chi connectivity index (χ2v) is 19.5. The van der Waals surface area contributed by atoms with Crippen molar-refractivity contribution in [2.24, 2.45) is 0 Å². The van der Waals surface area contributed by atoms with Gasteiger partial charge in [0.2, 0.25) is 0 Å². The number of carbonyl (C=O) groups excluding carboxylic acids is 1. The molecule has 0 radical (unpaired) electrons. The first-order valence-electron chi connectivity index (χ1n) is 14.5. The third kappa shape index (κ3) is 6.39. The fourth-order valence-corrected chi connectivity index (χ4v) is 7.41. The molecule has 0 aliphatic rings. The van der Waals surface area contributed by atoms with E-state index < -0.39 is 35.8 Å². The summed E-state index contributed by atoms with van der Waals surface area (Å²) in [7, 11) is -4.29. The number of aromatic nitrogens is 3. The highest BCUT2D eigenvalue weighted by molar-refractivity contribution is 7.90. The molecule has 46 heavy (non-hydrogen) atoms. The standard InChI is InChI=1S/C33H34F3N3O5SSi/c1-22-24(12-9-13-28(22)33(34,35)36)30-27(32(40)43-2)20-29(38(30)21-44-18-19-46(3,4)5)25-14-16-37-31-26(25)15-17-39(31)45(41,42)23-10-7-6-8-11-23/h6-17,20H,18-19,21H2,1-5H3. The number of ether oxygens (including phenoxy) is 2.